The molecule has 0 aromatic heterocycles. The molecule has 0 aromatic carbocycles. The van der Waals surface area contributed by atoms with Crippen LogP contribution >= 0.6 is 11.8 Å². The summed E-state index contributed by atoms with van der Waals surface area (Å²) < 4.78 is 0. The van der Waals surface area contributed by atoms with Crippen molar-refractivity contribution in [3.8, 4) is 0 Å². The summed E-state index contributed by atoms with van der Waals surface area (Å²) in [5.74, 6) is 0.238. The van der Waals surface area contributed by atoms with Gasteiger partial charge in [-0.25, -0.2) is 0 Å². The summed E-state index contributed by atoms with van der Waals surface area (Å²) >= 11 is 1.59. The Kier molecular flexibility index (Phi) is 8.87. The lowest BCUT2D eigenvalue weighted by Crippen LogP contribution is -2.50. The van der Waals surface area contributed by atoms with Crippen molar-refractivity contribution < 1.29 is 19.8 Å². The number of thioether (sulfide) groups is 1. The van der Waals surface area contributed by atoms with Crippen molar-refractivity contribution in [3.05, 3.63) is 10.5 Å². The second-order valence-electron chi connectivity index (χ2n) is 8.45. The first-order valence-electron chi connectivity index (χ1n) is 9.86. The van der Waals surface area contributed by atoms with Crippen molar-refractivity contribution in [1.29, 1.82) is 0 Å². The Labute approximate surface area is 162 Å². The Morgan fingerprint density at radius 1 is 1.27 bits per heavy atom. The normalized spacial score (nSPS) is 24.0. The fourth-order valence-electron chi connectivity index (χ4n) is 3.81. The van der Waals surface area contributed by atoms with Crippen molar-refractivity contribution >= 4 is 23.5 Å². The Morgan fingerprint density at radius 2 is 1.92 bits per heavy atom. The zero-order valence-corrected chi connectivity index (χ0v) is 17.9. The van der Waals surface area contributed by atoms with Gasteiger partial charge < -0.3 is 10.2 Å². The van der Waals surface area contributed by atoms with Gasteiger partial charge in [0, 0.05) is 18.3 Å². The maximum atomic E-state index is 12.6. The number of rotatable bonds is 11. The zero-order chi connectivity index (χ0) is 20.0. The molecule has 0 bridgehead atoms. The number of aliphatic carboxylic acids is 1. The van der Waals surface area contributed by atoms with Gasteiger partial charge in [-0.2, -0.15) is 0 Å². The van der Waals surface area contributed by atoms with Gasteiger partial charge in [-0.15, -0.1) is 11.8 Å². The first kappa shape index (κ1) is 23.2. The second-order valence-corrected chi connectivity index (χ2v) is 9.55. The predicted octanol–water partition coefficient (Wildman–Crippen LogP) is 5.20. The van der Waals surface area contributed by atoms with Gasteiger partial charge in [-0.3, -0.25) is 9.59 Å². The number of carbonyl (C=O) groups excluding carboxylic acids is 1. The fourth-order valence-corrected chi connectivity index (χ4v) is 4.98. The molecule has 1 aliphatic carbocycles. The molecule has 150 valence electrons. The molecule has 1 unspecified atom stereocenters. The highest BCUT2D eigenvalue weighted by Gasteiger charge is 2.50. The van der Waals surface area contributed by atoms with E-state index in [1.165, 1.54) is 19.3 Å². The van der Waals surface area contributed by atoms with Gasteiger partial charge in [-0.05, 0) is 43.4 Å². The van der Waals surface area contributed by atoms with E-state index in [1.807, 2.05) is 27.7 Å². The minimum atomic E-state index is -1.06. The van der Waals surface area contributed by atoms with Gasteiger partial charge in [0.15, 0.2) is 5.78 Å². The lowest BCUT2D eigenvalue weighted by molar-refractivity contribution is -0.138. The van der Waals surface area contributed by atoms with E-state index < -0.39 is 17.0 Å². The summed E-state index contributed by atoms with van der Waals surface area (Å²) in [6, 6.07) is 0. The van der Waals surface area contributed by atoms with E-state index in [-0.39, 0.29) is 18.1 Å². The Balaban J connectivity index is 2.90. The molecular weight excluding hydrogens is 348 g/mol. The molecule has 0 radical (unpaired) electrons. The van der Waals surface area contributed by atoms with Gasteiger partial charge in [0.1, 0.15) is 0 Å². The fraction of sp³-hybridized carbons (Fsp3) is 0.810. The van der Waals surface area contributed by atoms with Gasteiger partial charge in [0.25, 0.3) is 0 Å². The number of allylic oxidation sites excluding steroid dienone is 1. The van der Waals surface area contributed by atoms with E-state index in [1.54, 1.807) is 11.8 Å². The number of ketones is 1. The third-order valence-electron chi connectivity index (χ3n) is 5.70. The van der Waals surface area contributed by atoms with Crippen LogP contribution in [0.3, 0.4) is 0 Å². The van der Waals surface area contributed by atoms with Gasteiger partial charge in [0.05, 0.1) is 10.5 Å². The van der Waals surface area contributed by atoms with Crippen LogP contribution in [0.1, 0.15) is 86.0 Å². The maximum Gasteiger partial charge on any atom is 0.303 e. The predicted molar refractivity (Wildman–Crippen MR) is 108 cm³/mol. The van der Waals surface area contributed by atoms with Crippen LogP contribution in [0.5, 0.6) is 0 Å². The van der Waals surface area contributed by atoms with Crippen molar-refractivity contribution in [2.45, 2.75) is 91.6 Å². The van der Waals surface area contributed by atoms with Crippen LogP contribution < -0.4 is 0 Å². The molecule has 1 rings (SSSR count). The second kappa shape index (κ2) is 9.93. The Morgan fingerprint density at radius 3 is 2.50 bits per heavy atom. The first-order valence-corrected chi connectivity index (χ1v) is 10.8. The zero-order valence-electron chi connectivity index (χ0n) is 17.1. The van der Waals surface area contributed by atoms with E-state index >= 15 is 0 Å². The first-order chi connectivity index (χ1) is 12.0. The maximum absolute atomic E-state index is 12.6. The number of hydrogen-bond acceptors (Lipinski definition) is 4. The molecule has 2 atom stereocenters. The van der Waals surface area contributed by atoms with E-state index in [4.69, 9.17) is 5.11 Å². The van der Waals surface area contributed by atoms with Crippen LogP contribution in [0.4, 0.5) is 0 Å². The van der Waals surface area contributed by atoms with E-state index in [9.17, 15) is 14.7 Å². The minimum Gasteiger partial charge on any atom is -0.481 e. The third-order valence-corrected chi connectivity index (χ3v) is 7.02. The summed E-state index contributed by atoms with van der Waals surface area (Å²) in [5.41, 5.74) is -0.815. The highest BCUT2D eigenvalue weighted by atomic mass is 32.2. The van der Waals surface area contributed by atoms with Gasteiger partial charge in [-0.1, -0.05) is 47.0 Å². The Hall–Kier alpha value is -0.810. The van der Waals surface area contributed by atoms with Crippen LogP contribution in [-0.4, -0.2) is 33.3 Å². The summed E-state index contributed by atoms with van der Waals surface area (Å²) in [5, 5.41) is 20.5. The summed E-state index contributed by atoms with van der Waals surface area (Å²) in [4.78, 5) is 24.3. The van der Waals surface area contributed by atoms with Crippen LogP contribution in [0.2, 0.25) is 0 Å². The highest BCUT2D eigenvalue weighted by molar-refractivity contribution is 8.04. The molecule has 0 spiro atoms. The Bertz CT molecular complexity index is 538. The molecular formula is C21H36O4S. The summed E-state index contributed by atoms with van der Waals surface area (Å²) in [6.45, 7) is 9.85. The van der Waals surface area contributed by atoms with E-state index in [0.717, 1.165) is 22.7 Å². The van der Waals surface area contributed by atoms with Crippen molar-refractivity contribution in [3.63, 3.8) is 0 Å². The van der Waals surface area contributed by atoms with Crippen LogP contribution in [-0.2, 0) is 9.59 Å². The van der Waals surface area contributed by atoms with Gasteiger partial charge in [0.2, 0.25) is 0 Å². The number of carboxylic acids is 1. The van der Waals surface area contributed by atoms with Crippen LogP contribution in [0.15, 0.2) is 10.5 Å². The van der Waals surface area contributed by atoms with Crippen molar-refractivity contribution in [2.75, 3.05) is 5.75 Å². The van der Waals surface area contributed by atoms with E-state index in [2.05, 4.69) is 6.92 Å². The largest absolute Gasteiger partial charge is 0.481 e. The lowest BCUT2D eigenvalue weighted by atomic mass is 9.62. The number of Topliss-reactive ketones (excluding diaryl/α,β-unsaturated/α-hetero) is 1. The topological polar surface area (TPSA) is 74.6 Å². The van der Waals surface area contributed by atoms with Crippen molar-refractivity contribution in [1.82, 2.24) is 0 Å². The lowest BCUT2D eigenvalue weighted by Gasteiger charge is -2.47. The molecule has 0 aliphatic heterocycles. The smallest absolute Gasteiger partial charge is 0.303 e. The van der Waals surface area contributed by atoms with E-state index in [0.29, 0.717) is 19.3 Å². The summed E-state index contributed by atoms with van der Waals surface area (Å²) in [6.07, 6.45) is 6.23. The number of hydrogen-bond donors (Lipinski definition) is 2. The number of aliphatic hydroxyl groups is 1. The third kappa shape index (κ3) is 5.85. The molecule has 0 fully saturated rings. The minimum absolute atomic E-state index is 0.00269. The number of carbonyl (C=O) groups is 2. The van der Waals surface area contributed by atoms with Gasteiger partial charge >= 0.3 is 5.97 Å². The molecule has 0 aromatic rings. The molecule has 0 saturated carbocycles. The van der Waals surface area contributed by atoms with Crippen LogP contribution in [0.25, 0.3) is 0 Å². The monoisotopic (exact) mass is 384 g/mol. The molecule has 4 nitrogen and oxygen atoms in total. The average Bonchev–Trinajstić information content (AvgIpc) is 2.53. The standard InChI is InChI=1S/C21H36O4S/c1-6-7-8-9-12-26-19-16(3)21(25,20(4,5)14-17(19)22)11-10-15(2)13-18(23)24/h15,25H,6-14H2,1-5H3,(H,23,24)/t15?,21-/m1/s1. The average molecular weight is 385 g/mol. The summed E-state index contributed by atoms with van der Waals surface area (Å²) in [7, 11) is 0. The molecule has 0 amide bonds. The highest BCUT2D eigenvalue weighted by Crippen LogP contribution is 2.50. The molecule has 0 heterocycles. The molecule has 26 heavy (non-hydrogen) atoms. The van der Waals surface area contributed by atoms with Crippen molar-refractivity contribution in [2.24, 2.45) is 11.3 Å². The molecule has 0 saturated heterocycles. The SMILES string of the molecule is CCCCCCSC1=C(C)[C@](O)(CCC(C)CC(=O)O)C(C)(C)CC1=O. The molecule has 2 N–H and O–H groups in total. The van der Waals surface area contributed by atoms with Crippen LogP contribution in [0, 0.1) is 11.3 Å². The number of unbranched alkanes of at least 4 members (excludes halogenated alkanes) is 3. The molecule has 1 aliphatic rings. The quantitative estimate of drug-likeness (QED) is 0.479. The number of carboxylic acid groups (broad SMARTS) is 1. The molecule has 5 heteroatoms.